The summed E-state index contributed by atoms with van der Waals surface area (Å²) in [6.07, 6.45) is 0. The van der Waals surface area contributed by atoms with Crippen LogP contribution in [0.1, 0.15) is 10.4 Å². The van der Waals surface area contributed by atoms with Gasteiger partial charge >= 0.3 is 5.97 Å². The number of benzene rings is 3. The predicted molar refractivity (Wildman–Crippen MR) is 96.4 cm³/mol. The fourth-order valence-corrected chi connectivity index (χ4v) is 3.84. The molecule has 0 atom stereocenters. The van der Waals surface area contributed by atoms with Crippen LogP contribution < -0.4 is 4.74 Å². The van der Waals surface area contributed by atoms with Crippen molar-refractivity contribution in [2.24, 2.45) is 0 Å². The molecule has 3 aromatic rings. The molecule has 0 heterocycles. The molecule has 0 spiro atoms. The van der Waals surface area contributed by atoms with Gasteiger partial charge in [-0.3, -0.25) is 10.1 Å². The second-order valence-corrected chi connectivity index (χ2v) is 7.37. The lowest BCUT2D eigenvalue weighted by atomic mass is 10.2. The zero-order valence-electron chi connectivity index (χ0n) is 13.8. The highest BCUT2D eigenvalue weighted by Gasteiger charge is 2.25. The molecule has 0 aliphatic carbocycles. The standard InChI is InChI=1S/C19H13NO6S/c21-19(26-15-6-2-1-3-7-15)17-8-4-5-9-18(17)27(24,25)16-12-10-14(11-13-16)20(22)23/h1-13H. The van der Waals surface area contributed by atoms with Crippen molar-refractivity contribution in [2.75, 3.05) is 0 Å². The third kappa shape index (κ3) is 3.85. The molecule has 3 aromatic carbocycles. The Labute approximate surface area is 154 Å². The average molecular weight is 383 g/mol. The number of non-ortho nitro benzene ring substituents is 1. The van der Waals surface area contributed by atoms with E-state index < -0.39 is 20.7 Å². The maximum atomic E-state index is 12.9. The maximum absolute atomic E-state index is 12.9. The van der Waals surface area contributed by atoms with E-state index in [2.05, 4.69) is 0 Å². The molecule has 0 saturated heterocycles. The Morgan fingerprint density at radius 1 is 0.852 bits per heavy atom. The largest absolute Gasteiger partial charge is 0.423 e. The Hall–Kier alpha value is -3.52. The van der Waals surface area contributed by atoms with Crippen LogP contribution in [-0.2, 0) is 9.84 Å². The monoisotopic (exact) mass is 383 g/mol. The second kappa shape index (κ2) is 7.38. The van der Waals surface area contributed by atoms with Gasteiger partial charge in [0.1, 0.15) is 5.75 Å². The Morgan fingerprint density at radius 2 is 1.44 bits per heavy atom. The maximum Gasteiger partial charge on any atom is 0.344 e. The van der Waals surface area contributed by atoms with E-state index in [0.29, 0.717) is 0 Å². The van der Waals surface area contributed by atoms with Crippen molar-refractivity contribution in [2.45, 2.75) is 9.79 Å². The Balaban J connectivity index is 1.99. The third-order valence-corrected chi connectivity index (χ3v) is 5.54. The molecule has 0 bridgehead atoms. The van der Waals surface area contributed by atoms with Crippen LogP contribution in [0.5, 0.6) is 5.75 Å². The zero-order valence-corrected chi connectivity index (χ0v) is 14.6. The van der Waals surface area contributed by atoms with Gasteiger partial charge in [-0.25, -0.2) is 13.2 Å². The number of para-hydroxylation sites is 1. The average Bonchev–Trinajstić information content (AvgIpc) is 2.69. The van der Waals surface area contributed by atoms with Crippen molar-refractivity contribution in [1.82, 2.24) is 0 Å². The molecule has 0 aliphatic rings. The number of nitro benzene ring substituents is 1. The number of hydrogen-bond donors (Lipinski definition) is 0. The molecule has 0 radical (unpaired) electrons. The smallest absolute Gasteiger partial charge is 0.344 e. The van der Waals surface area contributed by atoms with Crippen LogP contribution in [0.4, 0.5) is 5.69 Å². The first-order chi connectivity index (χ1) is 12.9. The first-order valence-corrected chi connectivity index (χ1v) is 9.24. The number of nitrogens with zero attached hydrogens (tertiary/aromatic N) is 1. The molecule has 7 nitrogen and oxygen atoms in total. The Bertz CT molecular complexity index is 1090. The van der Waals surface area contributed by atoms with Gasteiger partial charge in [-0.2, -0.15) is 0 Å². The molecule has 3 rings (SSSR count). The summed E-state index contributed by atoms with van der Waals surface area (Å²) in [5, 5.41) is 10.7. The number of nitro groups is 1. The Morgan fingerprint density at radius 3 is 2.07 bits per heavy atom. The molecule has 0 saturated carbocycles. The van der Waals surface area contributed by atoms with E-state index in [1.807, 2.05) is 0 Å². The number of sulfone groups is 1. The van der Waals surface area contributed by atoms with Gasteiger partial charge in [0.15, 0.2) is 0 Å². The normalized spacial score (nSPS) is 11.0. The zero-order chi connectivity index (χ0) is 19.4. The molecule has 0 aliphatic heterocycles. The Kier molecular flexibility index (Phi) is 5.00. The molecule has 0 amide bonds. The fraction of sp³-hybridized carbons (Fsp3) is 0. The quantitative estimate of drug-likeness (QED) is 0.288. The summed E-state index contributed by atoms with van der Waals surface area (Å²) in [4.78, 5) is 22.2. The molecular weight excluding hydrogens is 370 g/mol. The van der Waals surface area contributed by atoms with E-state index in [4.69, 9.17) is 4.74 Å². The lowest BCUT2D eigenvalue weighted by Crippen LogP contribution is -2.14. The van der Waals surface area contributed by atoms with Gasteiger partial charge in [0, 0.05) is 12.1 Å². The van der Waals surface area contributed by atoms with Crippen LogP contribution in [0.2, 0.25) is 0 Å². The lowest BCUT2D eigenvalue weighted by Gasteiger charge is -2.10. The number of ether oxygens (including phenoxy) is 1. The third-order valence-electron chi connectivity index (χ3n) is 3.71. The van der Waals surface area contributed by atoms with Gasteiger partial charge < -0.3 is 4.74 Å². The highest BCUT2D eigenvalue weighted by molar-refractivity contribution is 7.91. The van der Waals surface area contributed by atoms with Gasteiger partial charge in [-0.15, -0.1) is 0 Å². The molecule has 0 aromatic heterocycles. The number of rotatable bonds is 5. The SMILES string of the molecule is O=C(Oc1ccccc1)c1ccccc1S(=O)(=O)c1ccc([N+](=O)[O-])cc1. The molecular formula is C19H13NO6S. The summed E-state index contributed by atoms with van der Waals surface area (Å²) in [5.74, 6) is -0.535. The van der Waals surface area contributed by atoms with E-state index in [1.54, 1.807) is 30.3 Å². The van der Waals surface area contributed by atoms with Crippen molar-refractivity contribution < 1.29 is 22.9 Å². The summed E-state index contributed by atoms with van der Waals surface area (Å²) < 4.78 is 31.1. The number of carbonyl (C=O) groups excluding carboxylic acids is 1. The first-order valence-electron chi connectivity index (χ1n) is 7.75. The van der Waals surface area contributed by atoms with Crippen molar-refractivity contribution in [3.8, 4) is 5.75 Å². The molecule has 136 valence electrons. The number of hydrogen-bond acceptors (Lipinski definition) is 6. The van der Waals surface area contributed by atoms with Crippen LogP contribution >= 0.6 is 0 Å². The lowest BCUT2D eigenvalue weighted by molar-refractivity contribution is -0.384. The summed E-state index contributed by atoms with van der Waals surface area (Å²) in [7, 11) is -4.07. The number of carbonyl (C=O) groups is 1. The predicted octanol–water partition coefficient (Wildman–Crippen LogP) is 3.65. The van der Waals surface area contributed by atoms with Gasteiger partial charge in [0.05, 0.1) is 20.3 Å². The minimum Gasteiger partial charge on any atom is -0.423 e. The minimum atomic E-state index is -4.07. The van der Waals surface area contributed by atoms with Crippen LogP contribution in [0.25, 0.3) is 0 Å². The van der Waals surface area contributed by atoms with E-state index in [-0.39, 0.29) is 26.8 Å². The second-order valence-electron chi connectivity index (χ2n) is 5.45. The van der Waals surface area contributed by atoms with E-state index in [1.165, 1.54) is 24.3 Å². The molecule has 0 unspecified atom stereocenters. The van der Waals surface area contributed by atoms with E-state index in [9.17, 15) is 23.3 Å². The van der Waals surface area contributed by atoms with Gasteiger partial charge in [0.2, 0.25) is 9.84 Å². The van der Waals surface area contributed by atoms with Gasteiger partial charge in [0.25, 0.3) is 5.69 Å². The van der Waals surface area contributed by atoms with Crippen molar-refractivity contribution in [1.29, 1.82) is 0 Å². The topological polar surface area (TPSA) is 104 Å². The van der Waals surface area contributed by atoms with Gasteiger partial charge in [-0.05, 0) is 36.4 Å². The summed E-state index contributed by atoms with van der Waals surface area (Å²) in [6, 6.07) is 18.4. The van der Waals surface area contributed by atoms with E-state index in [0.717, 1.165) is 24.3 Å². The van der Waals surface area contributed by atoms with E-state index >= 15 is 0 Å². The van der Waals surface area contributed by atoms with Crippen LogP contribution in [0.15, 0.2) is 88.7 Å². The summed E-state index contributed by atoms with van der Waals surface area (Å²) in [5.41, 5.74) is -0.356. The highest BCUT2D eigenvalue weighted by Crippen LogP contribution is 2.26. The molecule has 8 heteroatoms. The highest BCUT2D eigenvalue weighted by atomic mass is 32.2. The number of esters is 1. The van der Waals surface area contributed by atoms with Crippen molar-refractivity contribution >= 4 is 21.5 Å². The van der Waals surface area contributed by atoms with Crippen molar-refractivity contribution in [3.63, 3.8) is 0 Å². The van der Waals surface area contributed by atoms with Crippen molar-refractivity contribution in [3.05, 3.63) is 94.5 Å². The van der Waals surface area contributed by atoms with Crippen LogP contribution in [0, 0.1) is 10.1 Å². The summed E-state index contributed by atoms with van der Waals surface area (Å²) >= 11 is 0. The molecule has 0 N–H and O–H groups in total. The fourth-order valence-electron chi connectivity index (χ4n) is 2.39. The van der Waals surface area contributed by atoms with Gasteiger partial charge in [-0.1, -0.05) is 30.3 Å². The molecule has 0 fully saturated rings. The summed E-state index contributed by atoms with van der Waals surface area (Å²) in [6.45, 7) is 0. The minimum absolute atomic E-state index is 0.125. The first kappa shape index (κ1) is 18.3. The van der Waals surface area contributed by atoms with Crippen LogP contribution in [-0.4, -0.2) is 19.3 Å². The molecule has 27 heavy (non-hydrogen) atoms. The van der Waals surface area contributed by atoms with Crippen LogP contribution in [0.3, 0.4) is 0 Å².